The van der Waals surface area contributed by atoms with Crippen LogP contribution in [0.4, 0.5) is 0 Å². The van der Waals surface area contributed by atoms with Gasteiger partial charge in [0.05, 0.1) is 0 Å². The molecule has 0 aromatic carbocycles. The Morgan fingerprint density at radius 1 is 1.15 bits per heavy atom. The topological polar surface area (TPSA) is 91.8 Å². The Labute approximate surface area is 164 Å². The fourth-order valence-corrected chi connectivity index (χ4v) is 15.6. The number of aromatic nitrogens is 2. The van der Waals surface area contributed by atoms with Crippen molar-refractivity contribution in [2.45, 2.75) is 72.9 Å². The van der Waals surface area contributed by atoms with Crippen molar-refractivity contribution in [2.75, 3.05) is 13.7 Å². The fraction of sp³-hybridized carbons (Fsp3) is 0.778. The molecule has 0 amide bonds. The second-order valence-corrected chi connectivity index (χ2v) is 16.7. The average Bonchev–Trinajstić information content (AvgIpc) is 3.16. The molecule has 0 spiro atoms. The minimum absolute atomic E-state index is 0.224. The summed E-state index contributed by atoms with van der Waals surface area (Å²) >= 11 is -3.25. The van der Waals surface area contributed by atoms with Crippen molar-refractivity contribution in [3.63, 3.8) is 0 Å². The molecule has 2 aliphatic heterocycles. The van der Waals surface area contributed by atoms with Crippen LogP contribution in [0.5, 0.6) is 0 Å². The quantitative estimate of drug-likeness (QED) is 0.534. The van der Waals surface area contributed by atoms with E-state index in [4.69, 9.17) is 15.6 Å². The molecule has 9 heteroatoms. The predicted octanol–water partition coefficient (Wildman–Crippen LogP) is 1.91. The van der Waals surface area contributed by atoms with E-state index in [0.717, 1.165) is 34.6 Å². The number of nitrogens with zero attached hydrogens (tertiary/aromatic N) is 1. The Morgan fingerprint density at radius 2 is 1.81 bits per heavy atom. The zero-order valence-electron chi connectivity index (χ0n) is 16.3. The molecule has 4 atom stereocenters. The molecule has 4 unspecified atom stereocenters. The van der Waals surface area contributed by atoms with Crippen molar-refractivity contribution >= 4 is 19.2 Å². The van der Waals surface area contributed by atoms with Gasteiger partial charge in [0.1, 0.15) is 0 Å². The molecule has 0 saturated carbocycles. The molecule has 0 radical (unpaired) electrons. The van der Waals surface area contributed by atoms with Crippen molar-refractivity contribution in [3.05, 3.63) is 33.1 Å². The molecule has 1 aromatic rings. The van der Waals surface area contributed by atoms with E-state index in [1.54, 1.807) is 7.11 Å². The van der Waals surface area contributed by atoms with Gasteiger partial charge in [-0.05, 0) is 0 Å². The third-order valence-electron chi connectivity index (χ3n) is 5.27. The molecule has 2 aliphatic rings. The fourth-order valence-electron chi connectivity index (χ4n) is 3.90. The van der Waals surface area contributed by atoms with Crippen LogP contribution < -0.4 is 11.2 Å². The van der Waals surface area contributed by atoms with Gasteiger partial charge < -0.3 is 0 Å². The zero-order valence-corrected chi connectivity index (χ0v) is 19.2. The summed E-state index contributed by atoms with van der Waals surface area (Å²) in [6.45, 7) is 4.73. The Morgan fingerprint density at radius 3 is 2.41 bits per heavy atom. The number of H-pyrrole nitrogens is 1. The van der Waals surface area contributed by atoms with Crippen LogP contribution in [0.15, 0.2) is 21.9 Å². The summed E-state index contributed by atoms with van der Waals surface area (Å²) in [6, 6.07) is 1.32. The van der Waals surface area contributed by atoms with E-state index < -0.39 is 36.7 Å². The Kier molecular flexibility index (Phi) is 7.18. The molecule has 2 fully saturated rings. The number of aromatic amines is 1. The normalized spacial score (nSPS) is 29.1. The van der Waals surface area contributed by atoms with Gasteiger partial charge in [-0.2, -0.15) is 0 Å². The number of rotatable bonds is 9. The van der Waals surface area contributed by atoms with Crippen molar-refractivity contribution in [1.82, 2.24) is 9.55 Å². The summed E-state index contributed by atoms with van der Waals surface area (Å²) in [7, 11) is 1.62. The number of hydrogen-bond acceptors (Lipinski definition) is 6. The van der Waals surface area contributed by atoms with Gasteiger partial charge in [-0.15, -0.1) is 0 Å². The molecular weight excluding hydrogens is 459 g/mol. The minimum atomic E-state index is -3.25. The van der Waals surface area contributed by atoms with Crippen LogP contribution in [0.25, 0.3) is 0 Å². The van der Waals surface area contributed by atoms with E-state index in [0.29, 0.717) is 6.61 Å². The van der Waals surface area contributed by atoms with Gasteiger partial charge in [0.25, 0.3) is 0 Å². The second-order valence-electron chi connectivity index (χ2n) is 7.32. The van der Waals surface area contributed by atoms with Crippen LogP contribution in [-0.4, -0.2) is 60.8 Å². The molecule has 3 heterocycles. The van der Waals surface area contributed by atoms with Crippen LogP contribution in [0.1, 0.15) is 45.8 Å². The van der Waals surface area contributed by atoms with Crippen molar-refractivity contribution in [2.24, 2.45) is 0 Å². The maximum absolute atomic E-state index is 12.3. The van der Waals surface area contributed by atoms with E-state index in [2.05, 4.69) is 18.8 Å². The predicted molar refractivity (Wildman–Crippen MR) is 102 cm³/mol. The van der Waals surface area contributed by atoms with Crippen molar-refractivity contribution in [3.8, 4) is 0 Å². The van der Waals surface area contributed by atoms with Gasteiger partial charge in [0.15, 0.2) is 0 Å². The summed E-state index contributed by atoms with van der Waals surface area (Å²) in [5.74, 6) is 0. The molecule has 1 aromatic heterocycles. The maximum atomic E-state index is 12.3. The molecule has 1 N–H and O–H groups in total. The number of methoxy groups -OCH3 is 1. The number of nitrogens with one attached hydrogen (secondary N) is 1. The van der Waals surface area contributed by atoms with E-state index in [9.17, 15) is 9.59 Å². The van der Waals surface area contributed by atoms with E-state index in [-0.39, 0.29) is 18.3 Å². The molecule has 3 rings (SSSR count). The SMILES string of the molecule is CCC[CH2][Sn]1([CH2]CCC)[O]C2C(COC)OC(n3ccc(=O)[nH]c3=O)C2[O]1. The molecular formula is C18H30N2O6Sn. The second kappa shape index (κ2) is 9.21. The van der Waals surface area contributed by atoms with Gasteiger partial charge >= 0.3 is 164 Å². The Hall–Kier alpha value is -0.681. The molecule has 8 nitrogen and oxygen atoms in total. The van der Waals surface area contributed by atoms with Gasteiger partial charge in [-0.3, -0.25) is 0 Å². The third kappa shape index (κ3) is 4.50. The summed E-state index contributed by atoms with van der Waals surface area (Å²) in [6.07, 6.45) is 4.41. The number of hydrogen-bond donors (Lipinski definition) is 1. The van der Waals surface area contributed by atoms with E-state index in [1.807, 2.05) is 0 Å². The van der Waals surface area contributed by atoms with Gasteiger partial charge in [-0.1, -0.05) is 0 Å². The first-order chi connectivity index (χ1) is 13.0. The first-order valence-corrected chi connectivity index (χ1v) is 16.2. The summed E-state index contributed by atoms with van der Waals surface area (Å²) in [5, 5.41) is 0. The van der Waals surface area contributed by atoms with E-state index >= 15 is 0 Å². The number of unbranched alkanes of at least 4 members (excludes halogenated alkanes) is 2. The third-order valence-corrected chi connectivity index (χ3v) is 15.6. The number of fused-ring (bicyclic) bond motifs is 1. The average molecular weight is 489 g/mol. The van der Waals surface area contributed by atoms with Crippen LogP contribution in [0.2, 0.25) is 8.87 Å². The molecule has 0 aliphatic carbocycles. The molecule has 2 saturated heterocycles. The standard InChI is InChI=1S/C10H12N2O6.2C4H9.Sn/c1-17-4-5-7(14)8(15)9(18-5)12-3-2-6(13)11-10(12)16;2*1-3-4-2;/h2-3,5,7-9H,4H2,1H3,(H,11,13,16);2*1,3-4H2,2H3;/q-2;;;+2. The molecule has 0 bridgehead atoms. The summed E-state index contributed by atoms with van der Waals surface area (Å²) < 4.78 is 28.1. The number of ether oxygens (including phenoxy) is 2. The van der Waals surface area contributed by atoms with Crippen LogP contribution in [0, 0.1) is 0 Å². The summed E-state index contributed by atoms with van der Waals surface area (Å²) in [4.78, 5) is 26.0. The van der Waals surface area contributed by atoms with Gasteiger partial charge in [0.2, 0.25) is 0 Å². The monoisotopic (exact) mass is 490 g/mol. The van der Waals surface area contributed by atoms with Crippen LogP contribution in [0.3, 0.4) is 0 Å². The zero-order chi connectivity index (χ0) is 19.4. The van der Waals surface area contributed by atoms with Gasteiger partial charge in [-0.25, -0.2) is 0 Å². The van der Waals surface area contributed by atoms with Gasteiger partial charge in [0, 0.05) is 0 Å². The first-order valence-electron chi connectivity index (χ1n) is 9.85. The molecule has 152 valence electrons. The summed E-state index contributed by atoms with van der Waals surface area (Å²) in [5.41, 5.74) is -0.926. The first kappa shape index (κ1) is 21.0. The van der Waals surface area contributed by atoms with Crippen LogP contribution in [-0.2, 0) is 15.6 Å². The Balaban J connectivity index is 1.90. The van der Waals surface area contributed by atoms with E-state index in [1.165, 1.54) is 16.8 Å². The van der Waals surface area contributed by atoms with Crippen molar-refractivity contribution < 1.29 is 15.6 Å². The van der Waals surface area contributed by atoms with Crippen molar-refractivity contribution in [1.29, 1.82) is 0 Å². The van der Waals surface area contributed by atoms with Crippen LogP contribution >= 0.6 is 0 Å². The molecule has 27 heavy (non-hydrogen) atoms. The Bertz CT molecular complexity index is 727.